The van der Waals surface area contributed by atoms with E-state index in [4.69, 9.17) is 0 Å². The molecule has 3 aromatic rings. The van der Waals surface area contributed by atoms with Crippen molar-refractivity contribution in [3.05, 3.63) is 132 Å². The van der Waals surface area contributed by atoms with Gasteiger partial charge in [0.1, 0.15) is 0 Å². The van der Waals surface area contributed by atoms with Crippen LogP contribution in [-0.4, -0.2) is 0 Å². The smallest absolute Gasteiger partial charge is 0.0668 e. The quantitative estimate of drug-likeness (QED) is 0.321. The Morgan fingerprint density at radius 1 is 0.694 bits per heavy atom. The van der Waals surface area contributed by atoms with Gasteiger partial charge >= 0.3 is 0 Å². The Bertz CT molecular complexity index is 1220. The first-order valence-corrected chi connectivity index (χ1v) is 12.8. The lowest BCUT2D eigenvalue weighted by Gasteiger charge is -2.34. The fourth-order valence-corrected chi connectivity index (χ4v) is 4.63. The second-order valence-corrected chi connectivity index (χ2v) is 12.0. The van der Waals surface area contributed by atoms with Gasteiger partial charge < -0.3 is 0 Å². The summed E-state index contributed by atoms with van der Waals surface area (Å²) >= 11 is 0. The lowest BCUT2D eigenvalue weighted by Crippen LogP contribution is -2.28. The van der Waals surface area contributed by atoms with Crippen LogP contribution in [-0.2, 0) is 10.8 Å². The van der Waals surface area contributed by atoms with Gasteiger partial charge in [-0.3, -0.25) is 0 Å². The Balaban J connectivity index is 0.000000440. The minimum absolute atomic E-state index is 0.150. The van der Waals surface area contributed by atoms with Crippen LogP contribution in [0.4, 0.5) is 0 Å². The van der Waals surface area contributed by atoms with Crippen LogP contribution >= 0.6 is 0 Å². The van der Waals surface area contributed by atoms with E-state index in [-0.39, 0.29) is 10.8 Å². The summed E-state index contributed by atoms with van der Waals surface area (Å²) in [6.07, 6.45) is 0. The Morgan fingerprint density at radius 2 is 1.19 bits per heavy atom. The van der Waals surface area contributed by atoms with Crippen molar-refractivity contribution in [1.29, 1.82) is 0 Å². The van der Waals surface area contributed by atoms with Gasteiger partial charge in [0.15, 0.2) is 0 Å². The van der Waals surface area contributed by atoms with E-state index in [1.54, 1.807) is 0 Å². The van der Waals surface area contributed by atoms with Gasteiger partial charge in [-0.15, -0.1) is 13.2 Å². The molecule has 3 aromatic carbocycles. The molecule has 190 valence electrons. The van der Waals surface area contributed by atoms with Crippen molar-refractivity contribution in [2.75, 3.05) is 0 Å². The molecule has 0 heterocycles. The van der Waals surface area contributed by atoms with E-state index in [0.717, 1.165) is 0 Å². The zero-order chi connectivity index (χ0) is 27.5. The second kappa shape index (κ2) is 10.9. The summed E-state index contributed by atoms with van der Waals surface area (Å²) < 4.78 is 0. The lowest BCUT2D eigenvalue weighted by atomic mass is 9.67. The van der Waals surface area contributed by atoms with Crippen molar-refractivity contribution in [2.45, 2.75) is 73.1 Å². The normalized spacial score (nSPS) is 15.9. The van der Waals surface area contributed by atoms with E-state index in [9.17, 15) is 0 Å². The molecule has 36 heavy (non-hydrogen) atoms. The number of rotatable bonds is 2. The third kappa shape index (κ3) is 5.49. The summed E-state index contributed by atoms with van der Waals surface area (Å²) in [4.78, 5) is 0. The van der Waals surface area contributed by atoms with E-state index in [1.807, 2.05) is 0 Å². The van der Waals surface area contributed by atoms with E-state index < -0.39 is 0 Å². The third-order valence-corrected chi connectivity index (χ3v) is 7.30. The van der Waals surface area contributed by atoms with Gasteiger partial charge in [0.2, 0.25) is 0 Å². The highest BCUT2D eigenvalue weighted by atomic mass is 14.5. The van der Waals surface area contributed by atoms with Crippen LogP contribution in [0.3, 0.4) is 0 Å². The topological polar surface area (TPSA) is 0 Å². The van der Waals surface area contributed by atoms with Crippen molar-refractivity contribution in [3.8, 4) is 11.1 Å². The number of aryl methyl sites for hydroxylation is 1. The maximum Gasteiger partial charge on any atom is 0.0668 e. The Labute approximate surface area is 221 Å². The van der Waals surface area contributed by atoms with Gasteiger partial charge in [0, 0.05) is 0 Å². The van der Waals surface area contributed by atoms with Gasteiger partial charge in [0.05, 0.1) is 5.41 Å². The first-order valence-electron chi connectivity index (χ1n) is 12.8. The summed E-state index contributed by atoms with van der Waals surface area (Å²) in [5.41, 5.74) is 11.9. The Morgan fingerprint density at radius 3 is 1.67 bits per heavy atom. The summed E-state index contributed by atoms with van der Waals surface area (Å²) in [5.74, 6) is 0. The number of benzene rings is 3. The minimum atomic E-state index is -0.283. The molecule has 1 aliphatic rings. The number of hydrogen-bond acceptors (Lipinski definition) is 0. The SMILES string of the molecule is C=C.C=C(C)C(C)(C)C.C=C(C)C1(c2ccc(C(C)(C)C)cc2)c2ccccc2-c2ccc(C)cc21. The average molecular weight is 479 g/mol. The van der Waals surface area contributed by atoms with Crippen molar-refractivity contribution in [2.24, 2.45) is 5.41 Å². The van der Waals surface area contributed by atoms with Crippen LogP contribution in [0.5, 0.6) is 0 Å². The predicted octanol–water partition coefficient (Wildman–Crippen LogP) is 10.6. The van der Waals surface area contributed by atoms with E-state index in [1.165, 1.54) is 50.1 Å². The molecule has 0 aromatic heterocycles. The molecule has 0 aliphatic heterocycles. The molecule has 0 radical (unpaired) electrons. The fourth-order valence-electron chi connectivity index (χ4n) is 4.63. The molecular weight excluding hydrogens is 432 g/mol. The number of fused-ring (bicyclic) bond motifs is 3. The largest absolute Gasteiger partial charge is 0.106 e. The number of hydrogen-bond donors (Lipinski definition) is 0. The first-order chi connectivity index (χ1) is 16.7. The molecule has 0 fully saturated rings. The zero-order valence-corrected chi connectivity index (χ0v) is 24.2. The van der Waals surface area contributed by atoms with Crippen molar-refractivity contribution in [1.82, 2.24) is 0 Å². The maximum atomic E-state index is 4.48. The van der Waals surface area contributed by atoms with E-state index >= 15 is 0 Å². The van der Waals surface area contributed by atoms with Crippen molar-refractivity contribution in [3.63, 3.8) is 0 Å². The molecule has 0 saturated heterocycles. The highest BCUT2D eigenvalue weighted by Crippen LogP contribution is 2.56. The monoisotopic (exact) mass is 478 g/mol. The molecule has 0 heteroatoms. The Kier molecular flexibility index (Phi) is 8.79. The average Bonchev–Trinajstić information content (AvgIpc) is 3.10. The molecule has 0 nitrogen and oxygen atoms in total. The van der Waals surface area contributed by atoms with E-state index in [0.29, 0.717) is 5.41 Å². The van der Waals surface area contributed by atoms with Gasteiger partial charge in [-0.2, -0.15) is 0 Å². The summed E-state index contributed by atoms with van der Waals surface area (Å²) in [6, 6.07) is 24.8. The zero-order valence-electron chi connectivity index (χ0n) is 24.2. The number of allylic oxidation sites excluding steroid dienone is 2. The molecular formula is C36H46. The standard InChI is InChI=1S/C27H28.C7H14.C2H4/c1-18(2)27(21-14-12-20(13-15-21)26(4,5)6)24-10-8-7-9-22(24)23-16-11-19(3)17-25(23)27;1-6(2)7(3,4)5;1-2/h7-17H,1H2,2-6H3;1H2,2-5H3;1-2H2. The highest BCUT2D eigenvalue weighted by molar-refractivity contribution is 5.86. The summed E-state index contributed by atoms with van der Waals surface area (Å²) in [6.45, 7) is 34.0. The Hall–Kier alpha value is -3.12. The molecule has 1 atom stereocenters. The molecule has 1 aliphatic carbocycles. The van der Waals surface area contributed by atoms with E-state index in [2.05, 4.69) is 155 Å². The summed E-state index contributed by atoms with van der Waals surface area (Å²) in [7, 11) is 0. The lowest BCUT2D eigenvalue weighted by molar-refractivity contribution is 0.506. The third-order valence-electron chi connectivity index (χ3n) is 7.30. The fraction of sp³-hybridized carbons (Fsp3) is 0.333. The van der Waals surface area contributed by atoms with Crippen LogP contribution < -0.4 is 0 Å². The maximum absolute atomic E-state index is 4.48. The van der Waals surface area contributed by atoms with Crippen LogP contribution in [0, 0.1) is 12.3 Å². The van der Waals surface area contributed by atoms with Crippen LogP contribution in [0.1, 0.15) is 83.2 Å². The molecule has 0 amide bonds. The van der Waals surface area contributed by atoms with Gasteiger partial charge in [0.25, 0.3) is 0 Å². The van der Waals surface area contributed by atoms with Gasteiger partial charge in [-0.25, -0.2) is 0 Å². The minimum Gasteiger partial charge on any atom is -0.106 e. The highest BCUT2D eigenvalue weighted by Gasteiger charge is 2.45. The van der Waals surface area contributed by atoms with Gasteiger partial charge in [-0.1, -0.05) is 138 Å². The van der Waals surface area contributed by atoms with Crippen LogP contribution in [0.2, 0.25) is 0 Å². The molecule has 0 spiro atoms. The van der Waals surface area contributed by atoms with Crippen LogP contribution in [0.15, 0.2) is 104 Å². The summed E-state index contributed by atoms with van der Waals surface area (Å²) in [5, 5.41) is 0. The first kappa shape index (κ1) is 29.1. The molecule has 4 rings (SSSR count). The molecule has 1 unspecified atom stereocenters. The van der Waals surface area contributed by atoms with Crippen molar-refractivity contribution < 1.29 is 0 Å². The van der Waals surface area contributed by atoms with Crippen molar-refractivity contribution >= 4 is 0 Å². The molecule has 0 bridgehead atoms. The van der Waals surface area contributed by atoms with Gasteiger partial charge in [-0.05, 0) is 65.0 Å². The molecule has 0 N–H and O–H groups in total. The second-order valence-electron chi connectivity index (χ2n) is 12.0. The van der Waals surface area contributed by atoms with Crippen LogP contribution in [0.25, 0.3) is 11.1 Å². The molecule has 0 saturated carbocycles. The predicted molar refractivity (Wildman–Crippen MR) is 162 cm³/mol.